The first-order valence-electron chi connectivity index (χ1n) is 8.80. The van der Waals surface area contributed by atoms with Crippen LogP contribution in [-0.4, -0.2) is 35.2 Å². The summed E-state index contributed by atoms with van der Waals surface area (Å²) in [5, 5.41) is 13.5. The highest BCUT2D eigenvalue weighted by Gasteiger charge is 2.20. The molecule has 2 rings (SSSR count). The van der Waals surface area contributed by atoms with Crippen LogP contribution in [0.25, 0.3) is 0 Å². The number of nitro groups is 1. The van der Waals surface area contributed by atoms with E-state index in [-0.39, 0.29) is 17.3 Å². The molecule has 1 fully saturated rings. The van der Waals surface area contributed by atoms with E-state index in [0.29, 0.717) is 12.5 Å². The third kappa shape index (κ3) is 6.67. The summed E-state index contributed by atoms with van der Waals surface area (Å²) >= 11 is 1.21. The van der Waals surface area contributed by atoms with Crippen molar-refractivity contribution in [3.8, 4) is 0 Å². The molecule has 1 aliphatic carbocycles. The van der Waals surface area contributed by atoms with Gasteiger partial charge in [-0.1, -0.05) is 19.3 Å². The highest BCUT2D eigenvalue weighted by molar-refractivity contribution is 8.00. The Morgan fingerprint density at radius 3 is 2.54 bits per heavy atom. The van der Waals surface area contributed by atoms with Crippen LogP contribution in [0.5, 0.6) is 0 Å². The molecule has 7 nitrogen and oxygen atoms in total. The van der Waals surface area contributed by atoms with Crippen molar-refractivity contribution in [3.05, 3.63) is 34.4 Å². The van der Waals surface area contributed by atoms with E-state index in [1.165, 1.54) is 43.2 Å². The van der Waals surface area contributed by atoms with Crippen LogP contribution in [0.4, 0.5) is 5.69 Å². The maximum absolute atomic E-state index is 12.0. The van der Waals surface area contributed by atoms with E-state index < -0.39 is 17.0 Å². The lowest BCUT2D eigenvalue weighted by atomic mass is 9.89. The summed E-state index contributed by atoms with van der Waals surface area (Å²) in [5.41, 5.74) is 0.000172. The van der Waals surface area contributed by atoms with Crippen molar-refractivity contribution >= 4 is 29.3 Å². The molecular weight excluding hydrogens is 356 g/mol. The van der Waals surface area contributed by atoms with Gasteiger partial charge in [-0.15, -0.1) is 11.8 Å². The molecular formula is C18H24N2O5S. The van der Waals surface area contributed by atoms with E-state index >= 15 is 0 Å². The number of benzene rings is 1. The van der Waals surface area contributed by atoms with Crippen molar-refractivity contribution in [3.63, 3.8) is 0 Å². The SMILES string of the molecule is CC(OC(=O)CSc1ccc([N+](=O)[O-])cc1)C(=O)NCC1CCCCC1. The van der Waals surface area contributed by atoms with Crippen LogP contribution in [-0.2, 0) is 14.3 Å². The van der Waals surface area contributed by atoms with E-state index in [4.69, 9.17) is 4.74 Å². The largest absolute Gasteiger partial charge is 0.452 e. The van der Waals surface area contributed by atoms with Gasteiger partial charge < -0.3 is 10.1 Å². The first-order valence-corrected chi connectivity index (χ1v) is 9.78. The van der Waals surface area contributed by atoms with Gasteiger partial charge in [0, 0.05) is 23.6 Å². The third-order valence-electron chi connectivity index (χ3n) is 4.37. The van der Waals surface area contributed by atoms with Gasteiger partial charge in [-0.2, -0.15) is 0 Å². The molecule has 142 valence electrons. The summed E-state index contributed by atoms with van der Waals surface area (Å²) in [7, 11) is 0. The number of hydrogen-bond donors (Lipinski definition) is 1. The number of nitro benzene ring substituents is 1. The van der Waals surface area contributed by atoms with Crippen LogP contribution < -0.4 is 5.32 Å². The second kappa shape index (κ2) is 10.2. The lowest BCUT2D eigenvalue weighted by molar-refractivity contribution is -0.384. The van der Waals surface area contributed by atoms with Gasteiger partial charge in [-0.25, -0.2) is 0 Å². The molecule has 1 aliphatic rings. The van der Waals surface area contributed by atoms with Gasteiger partial charge in [-0.05, 0) is 37.8 Å². The number of non-ortho nitro benzene ring substituents is 1. The van der Waals surface area contributed by atoms with Crippen molar-refractivity contribution in [1.82, 2.24) is 5.32 Å². The van der Waals surface area contributed by atoms with Crippen LogP contribution in [0.2, 0.25) is 0 Å². The second-order valence-electron chi connectivity index (χ2n) is 6.42. The summed E-state index contributed by atoms with van der Waals surface area (Å²) in [6.07, 6.45) is 5.14. The van der Waals surface area contributed by atoms with Crippen molar-refractivity contribution in [1.29, 1.82) is 0 Å². The number of ether oxygens (including phenoxy) is 1. The average Bonchev–Trinajstić information content (AvgIpc) is 2.65. The lowest BCUT2D eigenvalue weighted by Gasteiger charge is -2.22. The number of carbonyl (C=O) groups is 2. The topological polar surface area (TPSA) is 98.5 Å². The highest BCUT2D eigenvalue weighted by atomic mass is 32.2. The molecule has 0 radical (unpaired) electrons. The minimum atomic E-state index is -0.830. The summed E-state index contributed by atoms with van der Waals surface area (Å²) < 4.78 is 5.16. The molecule has 0 spiro atoms. The molecule has 0 saturated heterocycles. The fourth-order valence-corrected chi connectivity index (χ4v) is 3.55. The number of thioether (sulfide) groups is 1. The van der Waals surface area contributed by atoms with Crippen LogP contribution in [0.3, 0.4) is 0 Å². The standard InChI is InChI=1S/C18H24N2O5S/c1-13(18(22)19-11-14-5-3-2-4-6-14)25-17(21)12-26-16-9-7-15(8-10-16)20(23)24/h7-10,13-14H,2-6,11-12H2,1H3,(H,19,22). The van der Waals surface area contributed by atoms with Gasteiger partial charge in [0.05, 0.1) is 10.7 Å². The molecule has 26 heavy (non-hydrogen) atoms. The fraction of sp³-hybridized carbons (Fsp3) is 0.556. The number of carbonyl (C=O) groups excluding carboxylic acids is 2. The van der Waals surface area contributed by atoms with Crippen LogP contribution in [0, 0.1) is 16.0 Å². The maximum atomic E-state index is 12.0. The predicted octanol–water partition coefficient (Wildman–Crippen LogP) is 3.32. The van der Waals surface area contributed by atoms with Crippen molar-refractivity contribution in [2.75, 3.05) is 12.3 Å². The quantitative estimate of drug-likeness (QED) is 0.321. The Hall–Kier alpha value is -2.09. The summed E-state index contributed by atoms with van der Waals surface area (Å²) in [6.45, 7) is 2.20. The number of amides is 1. The Kier molecular flexibility index (Phi) is 7.90. The zero-order valence-electron chi connectivity index (χ0n) is 14.8. The summed E-state index contributed by atoms with van der Waals surface area (Å²) in [5.74, 6) is -0.204. The van der Waals surface area contributed by atoms with Gasteiger partial charge >= 0.3 is 5.97 Å². The molecule has 0 heterocycles. The Bertz CT molecular complexity index is 629. The monoisotopic (exact) mass is 380 g/mol. The Balaban J connectivity index is 1.68. The van der Waals surface area contributed by atoms with Gasteiger partial charge in [-0.3, -0.25) is 19.7 Å². The number of hydrogen-bond acceptors (Lipinski definition) is 6. The minimum absolute atomic E-state index is 0.000172. The van der Waals surface area contributed by atoms with Crippen LogP contribution in [0.15, 0.2) is 29.2 Å². The number of esters is 1. The molecule has 8 heteroatoms. The van der Waals surface area contributed by atoms with E-state index in [1.54, 1.807) is 19.1 Å². The van der Waals surface area contributed by atoms with Crippen LogP contribution in [0.1, 0.15) is 39.0 Å². The highest BCUT2D eigenvalue weighted by Crippen LogP contribution is 2.23. The molecule has 1 amide bonds. The number of nitrogens with one attached hydrogen (secondary N) is 1. The summed E-state index contributed by atoms with van der Waals surface area (Å²) in [4.78, 5) is 34.8. The van der Waals surface area contributed by atoms with Crippen LogP contribution >= 0.6 is 11.8 Å². The Morgan fingerprint density at radius 1 is 1.27 bits per heavy atom. The lowest BCUT2D eigenvalue weighted by Crippen LogP contribution is -2.39. The van der Waals surface area contributed by atoms with E-state index in [2.05, 4.69) is 5.32 Å². The maximum Gasteiger partial charge on any atom is 0.317 e. The van der Waals surface area contributed by atoms with Crippen molar-refractivity contribution in [2.45, 2.75) is 50.0 Å². The van der Waals surface area contributed by atoms with Gasteiger partial charge in [0.2, 0.25) is 0 Å². The Labute approximate surface area is 157 Å². The van der Waals surface area contributed by atoms with Crippen molar-refractivity contribution in [2.24, 2.45) is 5.92 Å². The molecule has 0 aliphatic heterocycles. The molecule has 1 aromatic carbocycles. The minimum Gasteiger partial charge on any atom is -0.452 e. The predicted molar refractivity (Wildman–Crippen MR) is 99.0 cm³/mol. The van der Waals surface area contributed by atoms with Gasteiger partial charge in [0.15, 0.2) is 6.10 Å². The third-order valence-corrected chi connectivity index (χ3v) is 5.36. The van der Waals surface area contributed by atoms with E-state index in [9.17, 15) is 19.7 Å². The van der Waals surface area contributed by atoms with E-state index in [1.807, 2.05) is 0 Å². The van der Waals surface area contributed by atoms with Gasteiger partial charge in [0.25, 0.3) is 11.6 Å². The van der Waals surface area contributed by atoms with Crippen molar-refractivity contribution < 1.29 is 19.2 Å². The first kappa shape index (κ1) is 20.2. The average molecular weight is 380 g/mol. The Morgan fingerprint density at radius 2 is 1.92 bits per heavy atom. The first-order chi connectivity index (χ1) is 12.5. The molecule has 1 aromatic rings. The molecule has 1 saturated carbocycles. The fourth-order valence-electron chi connectivity index (χ4n) is 2.87. The zero-order valence-corrected chi connectivity index (χ0v) is 15.6. The smallest absolute Gasteiger partial charge is 0.317 e. The normalized spacial score (nSPS) is 15.9. The molecule has 1 unspecified atom stereocenters. The van der Waals surface area contributed by atoms with E-state index in [0.717, 1.165) is 17.7 Å². The molecule has 1 N–H and O–H groups in total. The number of rotatable bonds is 8. The zero-order chi connectivity index (χ0) is 18.9. The molecule has 0 aromatic heterocycles. The molecule has 0 bridgehead atoms. The molecule has 1 atom stereocenters. The summed E-state index contributed by atoms with van der Waals surface area (Å²) in [6, 6.07) is 5.93. The number of nitrogens with zero attached hydrogens (tertiary/aromatic N) is 1. The van der Waals surface area contributed by atoms with Gasteiger partial charge in [0.1, 0.15) is 0 Å². The second-order valence-corrected chi connectivity index (χ2v) is 7.47.